The molecule has 17 heavy (non-hydrogen) atoms. The molecule has 0 saturated heterocycles. The summed E-state index contributed by atoms with van der Waals surface area (Å²) < 4.78 is 7.72. The van der Waals surface area contributed by atoms with Gasteiger partial charge in [0.1, 0.15) is 5.75 Å². The lowest BCUT2D eigenvalue weighted by molar-refractivity contribution is 0.415. The first-order valence-corrected chi connectivity index (χ1v) is 5.70. The highest BCUT2D eigenvalue weighted by Crippen LogP contribution is 2.36. The molecule has 2 aromatic rings. The molecule has 0 aliphatic heterocycles. The lowest BCUT2D eigenvalue weighted by Gasteiger charge is -2.07. The van der Waals surface area contributed by atoms with Crippen LogP contribution in [0.25, 0.3) is 16.1 Å². The summed E-state index contributed by atoms with van der Waals surface area (Å²) in [6.45, 7) is 7.22. The van der Waals surface area contributed by atoms with E-state index in [0.29, 0.717) is 11.4 Å². The van der Waals surface area contributed by atoms with E-state index < -0.39 is 0 Å². The van der Waals surface area contributed by atoms with Gasteiger partial charge in [0.25, 0.3) is 0 Å². The lowest BCUT2D eigenvalue weighted by atomic mass is 10.1. The monoisotopic (exact) mass is 291 g/mol. The fourth-order valence-electron chi connectivity index (χ4n) is 1.64. The van der Waals surface area contributed by atoms with Crippen LogP contribution in [0, 0.1) is 6.57 Å². The molecule has 0 aliphatic carbocycles. The highest BCUT2D eigenvalue weighted by molar-refractivity contribution is 9.10. The van der Waals surface area contributed by atoms with E-state index in [4.69, 9.17) is 11.3 Å². The van der Waals surface area contributed by atoms with Gasteiger partial charge in [-0.1, -0.05) is 6.07 Å². The molecule has 1 heterocycles. The van der Waals surface area contributed by atoms with Crippen molar-refractivity contribution in [1.82, 2.24) is 9.78 Å². The summed E-state index contributed by atoms with van der Waals surface area (Å²) in [7, 11) is 3.43. The first kappa shape index (κ1) is 11.7. The molecule has 0 bridgehead atoms. The van der Waals surface area contributed by atoms with Crippen molar-refractivity contribution in [2.75, 3.05) is 7.11 Å². The summed E-state index contributed by atoms with van der Waals surface area (Å²) in [6.07, 6.45) is 1.72. The second kappa shape index (κ2) is 4.60. The van der Waals surface area contributed by atoms with Crippen LogP contribution < -0.4 is 4.74 Å². The quantitative estimate of drug-likeness (QED) is 0.794. The summed E-state index contributed by atoms with van der Waals surface area (Å²) in [4.78, 5) is 3.53. The van der Waals surface area contributed by atoms with Crippen LogP contribution in [-0.4, -0.2) is 16.9 Å². The van der Waals surface area contributed by atoms with Crippen LogP contribution in [0.15, 0.2) is 28.9 Å². The number of aryl methyl sites for hydroxylation is 1. The van der Waals surface area contributed by atoms with Crippen molar-refractivity contribution in [1.29, 1.82) is 0 Å². The molecule has 0 N–H and O–H groups in total. The molecular weight excluding hydrogens is 282 g/mol. The van der Waals surface area contributed by atoms with Gasteiger partial charge >= 0.3 is 0 Å². The van der Waals surface area contributed by atoms with Crippen molar-refractivity contribution in [3.8, 4) is 17.0 Å². The Morgan fingerprint density at radius 1 is 1.47 bits per heavy atom. The Balaban J connectivity index is 2.65. The molecule has 0 unspecified atom stereocenters. The fraction of sp³-hybridized carbons (Fsp3) is 0.167. The zero-order valence-electron chi connectivity index (χ0n) is 9.44. The first-order valence-electron chi connectivity index (χ1n) is 4.90. The maximum Gasteiger partial charge on any atom is 0.200 e. The standard InChI is InChI=1S/C12H10BrN3O/c1-14-11-6-8(17-3)4-5-9(11)12-10(13)7-15-16(12)2/h4-7H,2-3H3. The highest BCUT2D eigenvalue weighted by Gasteiger charge is 2.13. The second-order valence-electron chi connectivity index (χ2n) is 3.46. The predicted molar refractivity (Wildman–Crippen MR) is 69.2 cm³/mol. The molecule has 2 rings (SSSR count). The van der Waals surface area contributed by atoms with Crippen LogP contribution in [-0.2, 0) is 7.05 Å². The lowest BCUT2D eigenvalue weighted by Crippen LogP contribution is -1.94. The average molecular weight is 292 g/mol. The second-order valence-corrected chi connectivity index (χ2v) is 4.31. The first-order chi connectivity index (χ1) is 8.17. The Kier molecular flexibility index (Phi) is 3.16. The van der Waals surface area contributed by atoms with Crippen molar-refractivity contribution < 1.29 is 4.74 Å². The minimum Gasteiger partial charge on any atom is -0.498 e. The number of aromatic nitrogens is 2. The van der Waals surface area contributed by atoms with Crippen LogP contribution >= 0.6 is 15.9 Å². The molecule has 0 saturated carbocycles. The minimum atomic E-state index is 0.550. The van der Waals surface area contributed by atoms with E-state index in [-0.39, 0.29) is 0 Å². The van der Waals surface area contributed by atoms with Crippen molar-refractivity contribution >= 4 is 21.6 Å². The van der Waals surface area contributed by atoms with Gasteiger partial charge in [0.2, 0.25) is 0 Å². The molecule has 5 heteroatoms. The third kappa shape index (κ3) is 2.04. The predicted octanol–water partition coefficient (Wildman–Crippen LogP) is 3.41. The van der Waals surface area contributed by atoms with E-state index in [0.717, 1.165) is 15.7 Å². The van der Waals surface area contributed by atoms with Crippen molar-refractivity contribution in [2.24, 2.45) is 7.05 Å². The molecular formula is C12H10BrN3O. The Bertz CT molecular complexity index is 579. The molecule has 0 fully saturated rings. The summed E-state index contributed by atoms with van der Waals surface area (Å²) in [5.41, 5.74) is 2.28. The summed E-state index contributed by atoms with van der Waals surface area (Å²) in [5.74, 6) is 0.679. The SMILES string of the molecule is [C-]#[N+]c1cc(OC)ccc1-c1c(Br)cnn1C. The number of ether oxygens (including phenoxy) is 1. The van der Waals surface area contributed by atoms with Gasteiger partial charge in [-0.15, -0.1) is 0 Å². The molecule has 0 radical (unpaired) electrons. The summed E-state index contributed by atoms with van der Waals surface area (Å²) in [5, 5.41) is 4.15. The van der Waals surface area contributed by atoms with Gasteiger partial charge in [0.05, 0.1) is 30.0 Å². The number of hydrogen-bond donors (Lipinski definition) is 0. The van der Waals surface area contributed by atoms with Crippen molar-refractivity contribution in [3.05, 3.63) is 40.3 Å². The van der Waals surface area contributed by atoms with Gasteiger partial charge in [0, 0.05) is 12.6 Å². The third-order valence-corrected chi connectivity index (χ3v) is 3.05. The number of benzene rings is 1. The summed E-state index contributed by atoms with van der Waals surface area (Å²) in [6, 6.07) is 5.43. The smallest absolute Gasteiger partial charge is 0.200 e. The molecule has 1 aromatic heterocycles. The minimum absolute atomic E-state index is 0.550. The average Bonchev–Trinajstić information content (AvgIpc) is 2.68. The van der Waals surface area contributed by atoms with Gasteiger partial charge in [-0.05, 0) is 28.1 Å². The van der Waals surface area contributed by atoms with Crippen LogP contribution in [0.1, 0.15) is 0 Å². The zero-order valence-corrected chi connectivity index (χ0v) is 11.0. The number of methoxy groups -OCH3 is 1. The third-order valence-electron chi connectivity index (χ3n) is 2.47. The van der Waals surface area contributed by atoms with Crippen molar-refractivity contribution in [2.45, 2.75) is 0 Å². The fourth-order valence-corrected chi connectivity index (χ4v) is 2.21. The van der Waals surface area contributed by atoms with E-state index >= 15 is 0 Å². The Labute approximate surface area is 108 Å². The molecule has 0 aliphatic rings. The van der Waals surface area contributed by atoms with E-state index in [2.05, 4.69) is 25.9 Å². The summed E-state index contributed by atoms with van der Waals surface area (Å²) >= 11 is 3.44. The van der Waals surface area contributed by atoms with Gasteiger partial charge in [-0.2, -0.15) is 5.10 Å². The van der Waals surface area contributed by atoms with Crippen LogP contribution in [0.4, 0.5) is 5.69 Å². The van der Waals surface area contributed by atoms with Crippen LogP contribution in [0.2, 0.25) is 0 Å². The number of rotatable bonds is 2. The van der Waals surface area contributed by atoms with Crippen LogP contribution in [0.5, 0.6) is 5.75 Å². The molecule has 0 spiro atoms. The normalized spacial score (nSPS) is 10.0. The molecule has 0 atom stereocenters. The maximum absolute atomic E-state index is 7.22. The zero-order chi connectivity index (χ0) is 12.4. The Morgan fingerprint density at radius 3 is 2.76 bits per heavy atom. The number of hydrogen-bond acceptors (Lipinski definition) is 2. The van der Waals surface area contributed by atoms with E-state index in [1.165, 1.54) is 0 Å². The van der Waals surface area contributed by atoms with Gasteiger partial charge in [-0.25, -0.2) is 4.85 Å². The molecule has 4 nitrogen and oxygen atoms in total. The molecule has 86 valence electrons. The van der Waals surface area contributed by atoms with Crippen molar-refractivity contribution in [3.63, 3.8) is 0 Å². The Morgan fingerprint density at radius 2 is 2.24 bits per heavy atom. The van der Waals surface area contributed by atoms with Gasteiger partial charge in [0.15, 0.2) is 5.69 Å². The number of nitrogens with zero attached hydrogens (tertiary/aromatic N) is 3. The topological polar surface area (TPSA) is 31.4 Å². The highest BCUT2D eigenvalue weighted by atomic mass is 79.9. The van der Waals surface area contributed by atoms with Gasteiger partial charge < -0.3 is 4.74 Å². The maximum atomic E-state index is 7.22. The van der Waals surface area contributed by atoms with Gasteiger partial charge in [-0.3, -0.25) is 4.68 Å². The largest absolute Gasteiger partial charge is 0.498 e. The number of halogens is 1. The van der Waals surface area contributed by atoms with Crippen LogP contribution in [0.3, 0.4) is 0 Å². The van der Waals surface area contributed by atoms with E-state index in [1.807, 2.05) is 19.2 Å². The van der Waals surface area contributed by atoms with E-state index in [1.54, 1.807) is 24.1 Å². The Hall–Kier alpha value is -1.80. The molecule has 0 amide bonds. The molecule has 1 aromatic carbocycles. The van der Waals surface area contributed by atoms with E-state index in [9.17, 15) is 0 Å².